The summed E-state index contributed by atoms with van der Waals surface area (Å²) in [4.78, 5) is 12.8. The Bertz CT molecular complexity index is 1160. The van der Waals surface area contributed by atoms with Gasteiger partial charge in [-0.1, -0.05) is 24.3 Å². The van der Waals surface area contributed by atoms with Gasteiger partial charge in [0.05, 0.1) is 6.54 Å². The van der Waals surface area contributed by atoms with Gasteiger partial charge >= 0.3 is 0 Å². The van der Waals surface area contributed by atoms with Gasteiger partial charge in [-0.2, -0.15) is 10.4 Å². The summed E-state index contributed by atoms with van der Waals surface area (Å²) in [5.41, 5.74) is 2.55. The third-order valence-corrected chi connectivity index (χ3v) is 4.59. The highest BCUT2D eigenvalue weighted by molar-refractivity contribution is 5.98. The Balaban J connectivity index is 1.50. The van der Waals surface area contributed by atoms with E-state index in [1.807, 2.05) is 53.3 Å². The largest absolute Gasteiger partial charge is 0.443 e. The van der Waals surface area contributed by atoms with Crippen molar-refractivity contribution < 1.29 is 9.21 Å². The van der Waals surface area contributed by atoms with Crippen molar-refractivity contribution in [1.82, 2.24) is 19.7 Å². The highest BCUT2D eigenvalue weighted by atomic mass is 16.4. The first-order chi connectivity index (χ1) is 14.2. The van der Waals surface area contributed by atoms with Crippen molar-refractivity contribution in [2.24, 2.45) is 0 Å². The van der Waals surface area contributed by atoms with E-state index >= 15 is 0 Å². The average molecular weight is 385 g/mol. The van der Waals surface area contributed by atoms with E-state index in [2.05, 4.69) is 16.5 Å². The second-order valence-electron chi connectivity index (χ2n) is 6.62. The molecule has 0 aliphatic rings. The molecule has 0 fully saturated rings. The number of nitrogens with one attached hydrogen (secondary N) is 1. The lowest BCUT2D eigenvalue weighted by atomic mass is 10.1. The number of benzene rings is 1. The van der Waals surface area contributed by atoms with Crippen LogP contribution in [0.25, 0.3) is 5.88 Å². The number of furan rings is 1. The molecule has 4 rings (SSSR count). The zero-order chi connectivity index (χ0) is 20.2. The predicted octanol–water partition coefficient (Wildman–Crippen LogP) is 3.43. The molecular weight excluding hydrogens is 366 g/mol. The molecular formula is C22H19N5O2. The monoisotopic (exact) mass is 385 g/mol. The minimum Gasteiger partial charge on any atom is -0.443 e. The molecule has 0 spiro atoms. The number of carbonyl (C=O) groups is 1. The van der Waals surface area contributed by atoms with Gasteiger partial charge in [0.1, 0.15) is 23.0 Å². The molecule has 3 aromatic heterocycles. The van der Waals surface area contributed by atoms with Gasteiger partial charge in [-0.15, -0.1) is 0 Å². The van der Waals surface area contributed by atoms with Crippen LogP contribution in [0.3, 0.4) is 0 Å². The van der Waals surface area contributed by atoms with Crippen molar-refractivity contribution in [3.8, 4) is 12.0 Å². The summed E-state index contributed by atoms with van der Waals surface area (Å²) in [5.74, 6) is 0.426. The SMILES string of the molecule is Cc1oc(-n2cccc2)c(C#N)c1C(=O)NCc1cccc(Cn2cccn2)c1. The van der Waals surface area contributed by atoms with Crippen LogP contribution in [0.5, 0.6) is 0 Å². The third-order valence-electron chi connectivity index (χ3n) is 4.59. The van der Waals surface area contributed by atoms with Crippen LogP contribution in [-0.4, -0.2) is 20.3 Å². The van der Waals surface area contributed by atoms with Crippen LogP contribution in [0, 0.1) is 18.3 Å². The zero-order valence-corrected chi connectivity index (χ0v) is 15.9. The molecule has 0 unspecified atom stereocenters. The second kappa shape index (κ2) is 7.90. The van der Waals surface area contributed by atoms with Crippen molar-refractivity contribution in [3.05, 3.63) is 95.3 Å². The number of nitriles is 1. The number of amides is 1. The number of aryl methyl sites for hydroxylation is 1. The predicted molar refractivity (Wildman–Crippen MR) is 106 cm³/mol. The van der Waals surface area contributed by atoms with Gasteiger partial charge in [0.25, 0.3) is 5.91 Å². The molecule has 4 aromatic rings. The van der Waals surface area contributed by atoms with Crippen LogP contribution in [0.2, 0.25) is 0 Å². The first-order valence-electron chi connectivity index (χ1n) is 9.16. The molecule has 0 atom stereocenters. The molecule has 3 heterocycles. The number of nitrogens with zero attached hydrogens (tertiary/aromatic N) is 4. The van der Waals surface area contributed by atoms with Gasteiger partial charge in [-0.05, 0) is 36.2 Å². The summed E-state index contributed by atoms with van der Waals surface area (Å²) >= 11 is 0. The van der Waals surface area contributed by atoms with Crippen LogP contribution >= 0.6 is 0 Å². The fourth-order valence-electron chi connectivity index (χ4n) is 3.25. The van der Waals surface area contributed by atoms with Gasteiger partial charge in [-0.3, -0.25) is 14.0 Å². The smallest absolute Gasteiger partial charge is 0.256 e. The van der Waals surface area contributed by atoms with E-state index in [0.29, 0.717) is 24.7 Å². The molecule has 0 bridgehead atoms. The highest BCUT2D eigenvalue weighted by Gasteiger charge is 2.24. The Morgan fingerprint density at radius 3 is 2.69 bits per heavy atom. The van der Waals surface area contributed by atoms with Crippen molar-refractivity contribution in [2.75, 3.05) is 0 Å². The molecule has 1 amide bonds. The lowest BCUT2D eigenvalue weighted by molar-refractivity contribution is 0.0949. The maximum atomic E-state index is 12.8. The standard InChI is InChI=1S/C22H19N5O2/c1-16-20(19(13-23)22(29-16)26-9-2-3-10-26)21(28)24-14-17-6-4-7-18(12-17)15-27-11-5-8-25-27/h2-12H,14-15H2,1H3,(H,24,28). The summed E-state index contributed by atoms with van der Waals surface area (Å²) in [6.07, 6.45) is 7.19. The number of rotatable bonds is 6. The third kappa shape index (κ3) is 3.82. The average Bonchev–Trinajstić information content (AvgIpc) is 3.47. The maximum absolute atomic E-state index is 12.8. The quantitative estimate of drug-likeness (QED) is 0.551. The highest BCUT2D eigenvalue weighted by Crippen LogP contribution is 2.25. The fourth-order valence-corrected chi connectivity index (χ4v) is 3.25. The van der Waals surface area contributed by atoms with Gasteiger partial charge in [0.2, 0.25) is 5.88 Å². The Labute approximate surface area is 167 Å². The molecule has 0 saturated carbocycles. The Morgan fingerprint density at radius 1 is 1.17 bits per heavy atom. The van der Waals surface area contributed by atoms with Crippen LogP contribution in [0.1, 0.15) is 32.8 Å². The molecule has 1 aromatic carbocycles. The first-order valence-corrected chi connectivity index (χ1v) is 9.16. The van der Waals surface area contributed by atoms with Crippen LogP contribution in [-0.2, 0) is 13.1 Å². The van der Waals surface area contributed by atoms with E-state index in [-0.39, 0.29) is 17.0 Å². The molecule has 7 nitrogen and oxygen atoms in total. The number of aromatic nitrogens is 3. The van der Waals surface area contributed by atoms with Gasteiger partial charge in [-0.25, -0.2) is 0 Å². The van der Waals surface area contributed by atoms with Crippen LogP contribution in [0.15, 0.2) is 71.7 Å². The van der Waals surface area contributed by atoms with E-state index < -0.39 is 0 Å². The molecule has 0 aliphatic carbocycles. The Hall–Kier alpha value is -4.05. The molecule has 0 radical (unpaired) electrons. The Morgan fingerprint density at radius 2 is 1.97 bits per heavy atom. The van der Waals surface area contributed by atoms with Crippen molar-refractivity contribution in [3.63, 3.8) is 0 Å². The normalized spacial score (nSPS) is 10.6. The van der Waals surface area contributed by atoms with Crippen LogP contribution in [0.4, 0.5) is 0 Å². The maximum Gasteiger partial charge on any atom is 0.256 e. The Kier molecular flexibility index (Phi) is 4.99. The van der Waals surface area contributed by atoms with Crippen molar-refractivity contribution in [2.45, 2.75) is 20.0 Å². The molecule has 29 heavy (non-hydrogen) atoms. The number of hydrogen-bond donors (Lipinski definition) is 1. The van der Waals surface area contributed by atoms with Crippen LogP contribution < -0.4 is 5.32 Å². The topological polar surface area (TPSA) is 88.8 Å². The summed E-state index contributed by atoms with van der Waals surface area (Å²) in [6, 6.07) is 15.6. The number of carbonyl (C=O) groups excluding carboxylic acids is 1. The summed E-state index contributed by atoms with van der Waals surface area (Å²) in [7, 11) is 0. The van der Waals surface area contributed by atoms with E-state index in [4.69, 9.17) is 4.42 Å². The second-order valence-corrected chi connectivity index (χ2v) is 6.62. The molecule has 1 N–H and O–H groups in total. The summed E-state index contributed by atoms with van der Waals surface area (Å²) in [5, 5.41) is 16.7. The van der Waals surface area contributed by atoms with Crippen molar-refractivity contribution >= 4 is 5.91 Å². The van der Waals surface area contributed by atoms with E-state index in [0.717, 1.165) is 11.1 Å². The lowest BCUT2D eigenvalue weighted by Gasteiger charge is -2.08. The summed E-state index contributed by atoms with van der Waals surface area (Å²) < 4.78 is 9.23. The molecule has 0 aliphatic heterocycles. The molecule has 144 valence electrons. The number of hydrogen-bond acceptors (Lipinski definition) is 4. The van der Waals surface area contributed by atoms with Gasteiger partial charge < -0.3 is 9.73 Å². The lowest BCUT2D eigenvalue weighted by Crippen LogP contribution is -2.24. The fraction of sp³-hybridized carbons (Fsp3) is 0.136. The van der Waals surface area contributed by atoms with E-state index in [1.54, 1.807) is 30.1 Å². The van der Waals surface area contributed by atoms with Gasteiger partial charge in [0.15, 0.2) is 0 Å². The first kappa shape index (κ1) is 18.3. The molecule has 0 saturated heterocycles. The van der Waals surface area contributed by atoms with Crippen molar-refractivity contribution in [1.29, 1.82) is 5.26 Å². The minimum absolute atomic E-state index is 0.226. The van der Waals surface area contributed by atoms with E-state index in [1.165, 1.54) is 0 Å². The molecule has 7 heteroatoms. The summed E-state index contributed by atoms with van der Waals surface area (Å²) in [6.45, 7) is 2.70. The van der Waals surface area contributed by atoms with E-state index in [9.17, 15) is 10.1 Å². The minimum atomic E-state index is -0.335. The van der Waals surface area contributed by atoms with Gasteiger partial charge in [0, 0.05) is 31.3 Å². The zero-order valence-electron chi connectivity index (χ0n) is 15.9.